The van der Waals surface area contributed by atoms with Crippen LogP contribution in [0.5, 0.6) is 0 Å². The van der Waals surface area contributed by atoms with Crippen molar-refractivity contribution in [2.24, 2.45) is 0 Å². The molecular formula is C44H63N5O8. The van der Waals surface area contributed by atoms with Gasteiger partial charge in [0.25, 0.3) is 11.5 Å². The van der Waals surface area contributed by atoms with Crippen molar-refractivity contribution < 1.29 is 33.3 Å². The van der Waals surface area contributed by atoms with Gasteiger partial charge in [0.05, 0.1) is 52.7 Å². The Morgan fingerprint density at radius 1 is 0.860 bits per heavy atom. The van der Waals surface area contributed by atoms with Crippen molar-refractivity contribution in [1.82, 2.24) is 20.1 Å². The number of carbonyl (C=O) groups is 2. The lowest BCUT2D eigenvalue weighted by atomic mass is 9.94. The quantitative estimate of drug-likeness (QED) is 0.147. The van der Waals surface area contributed by atoms with Crippen LogP contribution in [0.25, 0.3) is 11.1 Å². The second-order valence-electron chi connectivity index (χ2n) is 14.9. The summed E-state index contributed by atoms with van der Waals surface area (Å²) in [6.45, 7) is 17.6. The molecule has 0 spiro atoms. The molecule has 2 saturated heterocycles. The Bertz CT molecular complexity index is 1780. The fourth-order valence-electron chi connectivity index (χ4n) is 7.60. The van der Waals surface area contributed by atoms with E-state index in [9.17, 15) is 14.4 Å². The van der Waals surface area contributed by atoms with Crippen LogP contribution in [0.1, 0.15) is 64.5 Å². The molecule has 0 radical (unpaired) electrons. The van der Waals surface area contributed by atoms with Gasteiger partial charge in [-0.25, -0.2) is 0 Å². The van der Waals surface area contributed by atoms with Crippen molar-refractivity contribution in [1.29, 1.82) is 0 Å². The number of ether oxygens (including phenoxy) is 5. The number of piperazine rings is 1. The van der Waals surface area contributed by atoms with Gasteiger partial charge in [0.1, 0.15) is 0 Å². The summed E-state index contributed by atoms with van der Waals surface area (Å²) in [4.78, 5) is 49.0. The van der Waals surface area contributed by atoms with Crippen LogP contribution in [-0.2, 0) is 41.6 Å². The molecule has 57 heavy (non-hydrogen) atoms. The Morgan fingerprint density at radius 3 is 2.14 bits per heavy atom. The first-order chi connectivity index (χ1) is 27.7. The van der Waals surface area contributed by atoms with Gasteiger partial charge in [0, 0.05) is 94.7 Å². The number of nitrogens with zero attached hydrogens (tertiary/aromatic N) is 3. The first-order valence-corrected chi connectivity index (χ1v) is 20.5. The summed E-state index contributed by atoms with van der Waals surface area (Å²) >= 11 is 0. The largest absolute Gasteiger partial charge is 0.382 e. The first kappa shape index (κ1) is 44.0. The number of pyridine rings is 1. The Kier molecular flexibility index (Phi) is 17.5. The summed E-state index contributed by atoms with van der Waals surface area (Å²) in [5.74, 6) is -0.0877. The number of amides is 2. The number of carbonyl (C=O) groups excluding carboxylic acids is 2. The van der Waals surface area contributed by atoms with Gasteiger partial charge in [-0.15, -0.1) is 0 Å². The summed E-state index contributed by atoms with van der Waals surface area (Å²) < 4.78 is 27.1. The second kappa shape index (κ2) is 22.7. The summed E-state index contributed by atoms with van der Waals surface area (Å²) in [5.41, 5.74) is 7.77. The lowest BCUT2D eigenvalue weighted by Crippen LogP contribution is -2.48. The minimum absolute atomic E-state index is 0.120. The van der Waals surface area contributed by atoms with Crippen molar-refractivity contribution in [3.05, 3.63) is 86.3 Å². The van der Waals surface area contributed by atoms with E-state index >= 15 is 0 Å². The van der Waals surface area contributed by atoms with Crippen LogP contribution in [0, 0.1) is 20.8 Å². The number of hydrogen-bond acceptors (Lipinski definition) is 10. The normalized spacial score (nSPS) is 15.2. The molecule has 13 heteroatoms. The molecule has 2 fully saturated rings. The Morgan fingerprint density at radius 2 is 1.51 bits per heavy atom. The smallest absolute Gasteiger partial charge is 0.253 e. The number of aromatic amines is 1. The average molecular weight is 790 g/mol. The van der Waals surface area contributed by atoms with Crippen LogP contribution in [0.3, 0.4) is 0 Å². The van der Waals surface area contributed by atoms with Crippen molar-refractivity contribution in [2.45, 2.75) is 66.1 Å². The van der Waals surface area contributed by atoms with Crippen molar-refractivity contribution in [3.63, 3.8) is 0 Å². The van der Waals surface area contributed by atoms with Gasteiger partial charge in [-0.3, -0.25) is 19.3 Å². The number of H-pyrrole nitrogens is 1. The molecule has 2 aliphatic heterocycles. The molecule has 1 aromatic heterocycles. The number of benzene rings is 2. The number of aromatic nitrogens is 1. The molecule has 2 aromatic carbocycles. The van der Waals surface area contributed by atoms with E-state index in [2.05, 4.69) is 57.4 Å². The fraction of sp³-hybridized carbons (Fsp3) is 0.568. The van der Waals surface area contributed by atoms with E-state index in [1.807, 2.05) is 37.8 Å². The van der Waals surface area contributed by atoms with E-state index in [1.165, 1.54) is 5.56 Å². The van der Waals surface area contributed by atoms with E-state index < -0.39 is 0 Å². The molecule has 3 heterocycles. The van der Waals surface area contributed by atoms with Gasteiger partial charge >= 0.3 is 0 Å². The number of anilines is 1. The van der Waals surface area contributed by atoms with E-state index in [4.69, 9.17) is 23.7 Å². The number of rotatable bonds is 21. The maximum Gasteiger partial charge on any atom is 0.253 e. The maximum atomic E-state index is 13.9. The standard InChI is InChI=1S/C44H63N5O8/c1-6-49(38-11-18-54-19-12-38)41-29-37(28-39(34(41)4)43(51)45-30-40-32(2)27-33(3)46-44(40)52)36-9-7-35(8-10-36)31-47-14-16-48(17-15-47)42(50)13-20-55-23-24-57-26-25-56-22-21-53-5/h7-10,27-29,38H,6,11-26,30-31H2,1-5H3,(H,45,51)(H,46,52). The van der Waals surface area contributed by atoms with E-state index in [1.54, 1.807) is 7.11 Å². The monoisotopic (exact) mass is 789 g/mol. The van der Waals surface area contributed by atoms with E-state index in [-0.39, 0.29) is 23.9 Å². The molecule has 0 unspecified atom stereocenters. The summed E-state index contributed by atoms with van der Waals surface area (Å²) in [7, 11) is 1.64. The molecule has 3 aromatic rings. The zero-order chi connectivity index (χ0) is 40.6. The number of methoxy groups -OCH3 is 1. The van der Waals surface area contributed by atoms with Gasteiger partial charge in [0.15, 0.2) is 0 Å². The highest BCUT2D eigenvalue weighted by Gasteiger charge is 2.26. The van der Waals surface area contributed by atoms with Crippen molar-refractivity contribution in [3.8, 4) is 11.1 Å². The summed E-state index contributed by atoms with van der Waals surface area (Å²) in [5, 5.41) is 3.05. The van der Waals surface area contributed by atoms with Crippen LogP contribution < -0.4 is 15.8 Å². The number of aryl methyl sites for hydroxylation is 2. The van der Waals surface area contributed by atoms with Crippen LogP contribution in [0.15, 0.2) is 47.3 Å². The molecule has 5 rings (SSSR count). The van der Waals surface area contributed by atoms with E-state index in [0.29, 0.717) is 82.9 Å². The van der Waals surface area contributed by atoms with Crippen LogP contribution in [0.4, 0.5) is 5.69 Å². The molecule has 312 valence electrons. The number of nitrogens with one attached hydrogen (secondary N) is 2. The highest BCUT2D eigenvalue weighted by molar-refractivity contribution is 5.99. The number of hydrogen-bond donors (Lipinski definition) is 2. The van der Waals surface area contributed by atoms with Gasteiger partial charge < -0.3 is 43.8 Å². The second-order valence-corrected chi connectivity index (χ2v) is 14.9. The Balaban J connectivity index is 1.17. The summed E-state index contributed by atoms with van der Waals surface area (Å²) in [6, 6.07) is 15.0. The van der Waals surface area contributed by atoms with Crippen LogP contribution in [0.2, 0.25) is 0 Å². The predicted octanol–water partition coefficient (Wildman–Crippen LogP) is 4.63. The molecule has 2 amide bonds. The highest BCUT2D eigenvalue weighted by atomic mass is 16.6. The molecule has 0 bridgehead atoms. The fourth-order valence-corrected chi connectivity index (χ4v) is 7.60. The Hall–Kier alpha value is -4.11. The first-order valence-electron chi connectivity index (χ1n) is 20.5. The molecular weight excluding hydrogens is 727 g/mol. The molecule has 0 aliphatic carbocycles. The molecule has 2 N–H and O–H groups in total. The molecule has 2 aliphatic rings. The molecule has 13 nitrogen and oxygen atoms in total. The minimum Gasteiger partial charge on any atom is -0.382 e. The van der Waals surface area contributed by atoms with Crippen LogP contribution >= 0.6 is 0 Å². The Labute approximate surface area is 337 Å². The lowest BCUT2D eigenvalue weighted by Gasteiger charge is -2.37. The maximum absolute atomic E-state index is 13.9. The summed E-state index contributed by atoms with van der Waals surface area (Å²) in [6.07, 6.45) is 2.23. The predicted molar refractivity (Wildman–Crippen MR) is 222 cm³/mol. The third-order valence-corrected chi connectivity index (χ3v) is 10.9. The topological polar surface area (TPSA) is 135 Å². The average Bonchev–Trinajstić information content (AvgIpc) is 3.21. The third kappa shape index (κ3) is 12.9. The minimum atomic E-state index is -0.208. The van der Waals surface area contributed by atoms with E-state index in [0.717, 1.165) is 85.9 Å². The van der Waals surface area contributed by atoms with Crippen molar-refractivity contribution in [2.75, 3.05) is 104 Å². The lowest BCUT2D eigenvalue weighted by molar-refractivity contribution is -0.134. The SMILES string of the molecule is CCN(c1cc(-c2ccc(CN3CCN(C(=O)CCOCCOCCOCCOC)CC3)cc2)cc(C(=O)NCc2c(C)cc(C)[nH]c2=O)c1C)C1CCOCC1. The van der Waals surface area contributed by atoms with Gasteiger partial charge in [-0.05, 0) is 86.6 Å². The zero-order valence-electron chi connectivity index (χ0n) is 34.7. The van der Waals surface area contributed by atoms with Gasteiger partial charge in [-0.2, -0.15) is 0 Å². The van der Waals surface area contributed by atoms with Gasteiger partial charge in [0.2, 0.25) is 5.91 Å². The van der Waals surface area contributed by atoms with Crippen LogP contribution in [-0.4, -0.2) is 132 Å². The van der Waals surface area contributed by atoms with Crippen molar-refractivity contribution >= 4 is 17.5 Å². The zero-order valence-corrected chi connectivity index (χ0v) is 34.7. The third-order valence-electron chi connectivity index (χ3n) is 10.9. The molecule has 0 saturated carbocycles. The molecule has 0 atom stereocenters. The highest BCUT2D eigenvalue weighted by Crippen LogP contribution is 2.34. The van der Waals surface area contributed by atoms with Gasteiger partial charge in [-0.1, -0.05) is 24.3 Å².